The number of nitrogens with zero attached hydrogens (tertiary/aromatic N) is 1. The Bertz CT molecular complexity index is 510. The van der Waals surface area contributed by atoms with E-state index in [1.807, 2.05) is 6.07 Å². The van der Waals surface area contributed by atoms with Gasteiger partial charge in [-0.05, 0) is 31.9 Å². The average molecular weight is 313 g/mol. The van der Waals surface area contributed by atoms with Gasteiger partial charge in [0.05, 0.1) is 12.7 Å². The van der Waals surface area contributed by atoms with E-state index in [2.05, 4.69) is 5.32 Å². The van der Waals surface area contributed by atoms with Crippen molar-refractivity contribution < 1.29 is 14.6 Å². The number of aliphatic hydroxyl groups is 1. The Morgan fingerprint density at radius 2 is 2.14 bits per heavy atom. The molecule has 6 heteroatoms. The van der Waals surface area contributed by atoms with Crippen molar-refractivity contribution in [2.24, 2.45) is 0 Å². The zero-order valence-corrected chi connectivity index (χ0v) is 13.1. The van der Waals surface area contributed by atoms with Gasteiger partial charge in [0.1, 0.15) is 5.75 Å². The van der Waals surface area contributed by atoms with Gasteiger partial charge in [0.25, 0.3) is 0 Å². The van der Waals surface area contributed by atoms with Crippen molar-refractivity contribution in [2.45, 2.75) is 31.9 Å². The van der Waals surface area contributed by atoms with Crippen LogP contribution in [0.25, 0.3) is 0 Å². The Kier molecular flexibility index (Phi) is 4.96. The number of carbonyl (C=O) groups is 1. The Morgan fingerprint density at radius 1 is 1.48 bits per heavy atom. The first kappa shape index (κ1) is 15.9. The molecular weight excluding hydrogens is 292 g/mol. The van der Waals surface area contributed by atoms with Gasteiger partial charge < -0.3 is 20.1 Å². The van der Waals surface area contributed by atoms with Gasteiger partial charge in [0.15, 0.2) is 0 Å². The number of piperidine rings is 1. The minimum Gasteiger partial charge on any atom is -0.496 e. The number of halogens is 1. The number of urea groups is 1. The van der Waals surface area contributed by atoms with Crippen molar-refractivity contribution in [1.82, 2.24) is 10.2 Å². The second-order valence-electron chi connectivity index (χ2n) is 5.56. The predicted molar refractivity (Wildman–Crippen MR) is 81.7 cm³/mol. The molecule has 1 saturated heterocycles. The summed E-state index contributed by atoms with van der Waals surface area (Å²) in [6, 6.07) is 5.24. The summed E-state index contributed by atoms with van der Waals surface area (Å²) >= 11 is 6.14. The van der Waals surface area contributed by atoms with Gasteiger partial charge in [-0.2, -0.15) is 0 Å². The van der Waals surface area contributed by atoms with Crippen LogP contribution in [0, 0.1) is 0 Å². The van der Waals surface area contributed by atoms with Crippen molar-refractivity contribution in [3.05, 3.63) is 28.8 Å². The Hall–Kier alpha value is -1.46. The molecule has 1 fully saturated rings. The van der Waals surface area contributed by atoms with Crippen LogP contribution in [0.2, 0.25) is 5.02 Å². The van der Waals surface area contributed by atoms with Crippen molar-refractivity contribution in [3.8, 4) is 5.75 Å². The fourth-order valence-corrected chi connectivity index (χ4v) is 2.60. The molecule has 2 N–H and O–H groups in total. The third kappa shape index (κ3) is 4.02. The first-order valence-corrected chi connectivity index (χ1v) is 7.37. The van der Waals surface area contributed by atoms with E-state index in [1.54, 1.807) is 31.1 Å². The molecule has 0 saturated carbocycles. The number of amides is 2. The third-order valence-corrected chi connectivity index (χ3v) is 4.19. The van der Waals surface area contributed by atoms with Crippen LogP contribution in [0.1, 0.15) is 25.3 Å². The van der Waals surface area contributed by atoms with Crippen molar-refractivity contribution >= 4 is 17.6 Å². The van der Waals surface area contributed by atoms with Gasteiger partial charge in [-0.15, -0.1) is 0 Å². The summed E-state index contributed by atoms with van der Waals surface area (Å²) in [6.45, 7) is 3.22. The van der Waals surface area contributed by atoms with Gasteiger partial charge >= 0.3 is 6.03 Å². The van der Waals surface area contributed by atoms with Crippen LogP contribution < -0.4 is 10.1 Å². The third-order valence-electron chi connectivity index (χ3n) is 3.84. The van der Waals surface area contributed by atoms with Crippen LogP contribution in [0.3, 0.4) is 0 Å². The molecule has 2 rings (SSSR count). The summed E-state index contributed by atoms with van der Waals surface area (Å²) < 4.78 is 5.25. The molecule has 1 aromatic rings. The highest BCUT2D eigenvalue weighted by Crippen LogP contribution is 2.26. The standard InChI is InChI=1S/C15H21ClN2O3/c1-15(20)6-8-18(9-7-15)14(19)17-10-11-12(16)4-3-5-13(11)21-2/h3-5,20H,6-10H2,1-2H3,(H,17,19). The fourth-order valence-electron chi connectivity index (χ4n) is 2.37. The first-order valence-electron chi connectivity index (χ1n) is 6.99. The number of ether oxygens (including phenoxy) is 1. The lowest BCUT2D eigenvalue weighted by atomic mass is 9.94. The summed E-state index contributed by atoms with van der Waals surface area (Å²) in [7, 11) is 1.57. The van der Waals surface area contributed by atoms with Gasteiger partial charge in [0.2, 0.25) is 0 Å². The van der Waals surface area contributed by atoms with Crippen LogP contribution in [0.4, 0.5) is 4.79 Å². The number of rotatable bonds is 3. The zero-order chi connectivity index (χ0) is 15.5. The molecule has 0 radical (unpaired) electrons. The maximum Gasteiger partial charge on any atom is 0.317 e. The maximum absolute atomic E-state index is 12.1. The quantitative estimate of drug-likeness (QED) is 0.901. The zero-order valence-electron chi connectivity index (χ0n) is 12.4. The number of nitrogens with one attached hydrogen (secondary N) is 1. The molecule has 0 atom stereocenters. The van der Waals surface area contributed by atoms with E-state index < -0.39 is 5.60 Å². The minimum atomic E-state index is -0.664. The average Bonchev–Trinajstić information content (AvgIpc) is 2.45. The Balaban J connectivity index is 1.93. The van der Waals surface area contributed by atoms with Gasteiger partial charge in [0, 0.05) is 30.2 Å². The van der Waals surface area contributed by atoms with Gasteiger partial charge in [-0.3, -0.25) is 0 Å². The smallest absolute Gasteiger partial charge is 0.317 e. The highest BCUT2D eigenvalue weighted by molar-refractivity contribution is 6.31. The molecule has 2 amide bonds. The molecule has 21 heavy (non-hydrogen) atoms. The van der Waals surface area contributed by atoms with Gasteiger partial charge in [-0.25, -0.2) is 4.79 Å². The van der Waals surface area contributed by atoms with E-state index in [0.29, 0.717) is 43.2 Å². The molecule has 1 heterocycles. The van der Waals surface area contributed by atoms with Crippen LogP contribution >= 0.6 is 11.6 Å². The maximum atomic E-state index is 12.1. The summed E-state index contributed by atoms with van der Waals surface area (Å²) in [6.07, 6.45) is 1.19. The lowest BCUT2D eigenvalue weighted by Gasteiger charge is -2.35. The van der Waals surface area contributed by atoms with Crippen molar-refractivity contribution in [1.29, 1.82) is 0 Å². The highest BCUT2D eigenvalue weighted by atomic mass is 35.5. The second kappa shape index (κ2) is 6.54. The summed E-state index contributed by atoms with van der Waals surface area (Å²) in [5.41, 5.74) is 0.0990. The van der Waals surface area contributed by atoms with Crippen LogP contribution in [0.15, 0.2) is 18.2 Å². The number of methoxy groups -OCH3 is 1. The van der Waals surface area contributed by atoms with Crippen LogP contribution in [-0.4, -0.2) is 41.8 Å². The second-order valence-corrected chi connectivity index (χ2v) is 5.97. The van der Waals surface area contributed by atoms with E-state index in [9.17, 15) is 9.90 Å². The number of benzene rings is 1. The number of carbonyl (C=O) groups excluding carboxylic acids is 1. The molecule has 0 bridgehead atoms. The lowest BCUT2D eigenvalue weighted by Crippen LogP contribution is -2.48. The number of likely N-dealkylation sites (tertiary alicyclic amines) is 1. The monoisotopic (exact) mass is 312 g/mol. The molecule has 5 nitrogen and oxygen atoms in total. The summed E-state index contributed by atoms with van der Waals surface area (Å²) in [5, 5.41) is 13.3. The van der Waals surface area contributed by atoms with Crippen molar-refractivity contribution in [2.75, 3.05) is 20.2 Å². The summed E-state index contributed by atoms with van der Waals surface area (Å²) in [5.74, 6) is 0.657. The molecule has 0 unspecified atom stereocenters. The highest BCUT2D eigenvalue weighted by Gasteiger charge is 2.29. The molecule has 0 aromatic heterocycles. The molecule has 116 valence electrons. The van der Waals surface area contributed by atoms with Crippen molar-refractivity contribution in [3.63, 3.8) is 0 Å². The SMILES string of the molecule is COc1cccc(Cl)c1CNC(=O)N1CCC(C)(O)CC1. The molecule has 1 aliphatic rings. The van der Waals surface area contributed by atoms with E-state index in [-0.39, 0.29) is 6.03 Å². The molecule has 0 aliphatic carbocycles. The van der Waals surface area contributed by atoms with E-state index in [4.69, 9.17) is 16.3 Å². The van der Waals surface area contributed by atoms with E-state index in [1.165, 1.54) is 0 Å². The van der Waals surface area contributed by atoms with Crippen LogP contribution in [0.5, 0.6) is 5.75 Å². The normalized spacial score (nSPS) is 17.4. The first-order chi connectivity index (χ1) is 9.93. The number of hydrogen-bond acceptors (Lipinski definition) is 3. The Labute approximate surface area is 129 Å². The Morgan fingerprint density at radius 3 is 2.76 bits per heavy atom. The largest absolute Gasteiger partial charge is 0.496 e. The topological polar surface area (TPSA) is 61.8 Å². The number of hydrogen-bond donors (Lipinski definition) is 2. The van der Waals surface area contributed by atoms with Crippen LogP contribution in [-0.2, 0) is 6.54 Å². The van der Waals surface area contributed by atoms with E-state index >= 15 is 0 Å². The molecule has 0 spiro atoms. The summed E-state index contributed by atoms with van der Waals surface area (Å²) in [4.78, 5) is 13.9. The molecule has 1 aliphatic heterocycles. The van der Waals surface area contributed by atoms with Gasteiger partial charge in [-0.1, -0.05) is 17.7 Å². The lowest BCUT2D eigenvalue weighted by molar-refractivity contribution is 0.00436. The minimum absolute atomic E-state index is 0.146. The predicted octanol–water partition coefficient (Wildman–Crippen LogP) is 2.41. The fraction of sp³-hybridized carbons (Fsp3) is 0.533. The molecule has 1 aromatic carbocycles. The molecular formula is C15H21ClN2O3. The van der Waals surface area contributed by atoms with E-state index in [0.717, 1.165) is 5.56 Å².